The summed E-state index contributed by atoms with van der Waals surface area (Å²) < 4.78 is 27.7. The zero-order valence-electron chi connectivity index (χ0n) is 17.4. The van der Waals surface area contributed by atoms with Crippen LogP contribution >= 0.6 is 23.2 Å². The van der Waals surface area contributed by atoms with Crippen LogP contribution in [0.25, 0.3) is 0 Å². The Morgan fingerprint density at radius 3 is 2.42 bits per heavy atom. The van der Waals surface area contributed by atoms with Gasteiger partial charge in [0.2, 0.25) is 0 Å². The number of unbranched alkanes of at least 4 members (excludes halogenated alkanes) is 1. The molecule has 1 aliphatic heterocycles. The summed E-state index contributed by atoms with van der Waals surface area (Å²) in [4.78, 5) is 14.9. The zero-order valence-corrected chi connectivity index (χ0v) is 19.7. The average Bonchev–Trinajstić information content (AvgIpc) is 2.75. The molecule has 1 amide bonds. The summed E-state index contributed by atoms with van der Waals surface area (Å²) in [5.41, 5.74) is 0.814. The average molecular weight is 484 g/mol. The Morgan fingerprint density at radius 2 is 1.77 bits per heavy atom. The van der Waals surface area contributed by atoms with Crippen LogP contribution < -0.4 is 10.0 Å². The molecule has 2 aromatic rings. The Hall–Kier alpha value is -1.80. The number of anilines is 1. The van der Waals surface area contributed by atoms with Gasteiger partial charge in [0.25, 0.3) is 15.9 Å². The fraction of sp³-hybridized carbons (Fsp3) is 0.409. The predicted octanol–water partition coefficient (Wildman–Crippen LogP) is 4.79. The van der Waals surface area contributed by atoms with Crippen molar-refractivity contribution in [3.8, 4) is 0 Å². The van der Waals surface area contributed by atoms with Crippen LogP contribution in [-0.4, -0.2) is 44.9 Å². The van der Waals surface area contributed by atoms with Gasteiger partial charge in [0.1, 0.15) is 4.90 Å². The Bertz CT molecular complexity index is 1010. The number of likely N-dealkylation sites (tertiary alicyclic amines) is 1. The second-order valence-electron chi connectivity index (χ2n) is 7.70. The number of nitrogens with zero attached hydrogens (tertiary/aromatic N) is 1. The lowest BCUT2D eigenvalue weighted by Crippen LogP contribution is -2.44. The van der Waals surface area contributed by atoms with Gasteiger partial charge in [0, 0.05) is 35.4 Å². The summed E-state index contributed by atoms with van der Waals surface area (Å²) in [7, 11) is -3.91. The molecule has 9 heteroatoms. The molecule has 3 rings (SSSR count). The molecule has 0 bridgehead atoms. The van der Waals surface area contributed by atoms with E-state index in [0.717, 1.165) is 32.5 Å². The number of carbonyl (C=O) groups excluding carboxylic acids is 1. The topological polar surface area (TPSA) is 78.5 Å². The molecule has 0 radical (unpaired) electrons. The van der Waals surface area contributed by atoms with Crippen molar-refractivity contribution >= 4 is 44.8 Å². The summed E-state index contributed by atoms with van der Waals surface area (Å²) in [6, 6.07) is 10.7. The second-order valence-corrected chi connectivity index (χ2v) is 10.2. The van der Waals surface area contributed by atoms with Crippen molar-refractivity contribution in [1.29, 1.82) is 0 Å². The highest BCUT2D eigenvalue weighted by molar-refractivity contribution is 7.92. The lowest BCUT2D eigenvalue weighted by Gasteiger charge is -2.32. The zero-order chi connectivity index (χ0) is 22.4. The normalized spacial score (nSPS) is 15.6. The minimum Gasteiger partial charge on any atom is -0.349 e. The molecular formula is C22H27Cl2N3O3S. The highest BCUT2D eigenvalue weighted by atomic mass is 35.5. The number of benzene rings is 2. The summed E-state index contributed by atoms with van der Waals surface area (Å²) in [5.74, 6) is -0.153. The third-order valence-corrected chi connectivity index (χ3v) is 7.43. The smallest absolute Gasteiger partial charge is 0.263 e. The Labute approximate surface area is 194 Å². The lowest BCUT2D eigenvalue weighted by atomic mass is 10.0. The van der Waals surface area contributed by atoms with Gasteiger partial charge in [0.15, 0.2) is 0 Å². The van der Waals surface area contributed by atoms with Crippen LogP contribution in [0.3, 0.4) is 0 Å². The molecule has 168 valence electrons. The van der Waals surface area contributed by atoms with E-state index in [4.69, 9.17) is 23.2 Å². The molecule has 0 unspecified atom stereocenters. The van der Waals surface area contributed by atoms with Crippen molar-refractivity contribution in [2.75, 3.05) is 24.4 Å². The highest BCUT2D eigenvalue weighted by Gasteiger charge is 2.21. The first-order chi connectivity index (χ1) is 14.8. The Balaban J connectivity index is 1.57. The third-order valence-electron chi connectivity index (χ3n) is 5.33. The van der Waals surface area contributed by atoms with E-state index >= 15 is 0 Å². The van der Waals surface area contributed by atoms with Crippen molar-refractivity contribution in [3.63, 3.8) is 0 Å². The van der Waals surface area contributed by atoms with Crippen LogP contribution in [0, 0.1) is 0 Å². The number of nitrogens with one attached hydrogen (secondary N) is 2. The molecule has 0 spiro atoms. The third kappa shape index (κ3) is 6.59. The van der Waals surface area contributed by atoms with Crippen molar-refractivity contribution in [3.05, 3.63) is 58.1 Å². The molecule has 1 heterocycles. The summed E-state index contributed by atoms with van der Waals surface area (Å²) >= 11 is 11.9. The van der Waals surface area contributed by atoms with Gasteiger partial charge in [-0.25, -0.2) is 8.42 Å². The molecule has 31 heavy (non-hydrogen) atoms. The number of rotatable bonds is 8. The van der Waals surface area contributed by atoms with Gasteiger partial charge < -0.3 is 10.2 Å². The van der Waals surface area contributed by atoms with E-state index < -0.39 is 10.0 Å². The summed E-state index contributed by atoms with van der Waals surface area (Å²) in [6.07, 6.45) is 4.27. The van der Waals surface area contributed by atoms with Gasteiger partial charge in [-0.3, -0.25) is 9.52 Å². The number of hydrogen-bond donors (Lipinski definition) is 2. The summed E-state index contributed by atoms with van der Waals surface area (Å²) in [5, 5.41) is 3.43. The fourth-order valence-electron chi connectivity index (χ4n) is 3.53. The summed E-state index contributed by atoms with van der Waals surface area (Å²) in [6.45, 7) is 5.31. The number of sulfonamides is 1. The van der Waals surface area contributed by atoms with Crippen molar-refractivity contribution in [2.45, 2.75) is 43.5 Å². The van der Waals surface area contributed by atoms with Gasteiger partial charge in [-0.1, -0.05) is 36.5 Å². The van der Waals surface area contributed by atoms with E-state index in [1.165, 1.54) is 31.0 Å². The van der Waals surface area contributed by atoms with E-state index in [9.17, 15) is 13.2 Å². The molecule has 0 atom stereocenters. The quantitative estimate of drug-likeness (QED) is 0.565. The molecular weight excluding hydrogens is 457 g/mol. The van der Waals surface area contributed by atoms with Crippen LogP contribution in [0.4, 0.5) is 5.69 Å². The monoisotopic (exact) mass is 483 g/mol. The number of amides is 1. The van der Waals surface area contributed by atoms with E-state index in [2.05, 4.69) is 21.9 Å². The van der Waals surface area contributed by atoms with Crippen molar-refractivity contribution in [1.82, 2.24) is 10.2 Å². The van der Waals surface area contributed by atoms with Gasteiger partial charge in [-0.05, 0) is 68.3 Å². The minimum absolute atomic E-state index is 0.0774. The number of piperidine rings is 1. The van der Waals surface area contributed by atoms with Gasteiger partial charge in [-0.15, -0.1) is 0 Å². The largest absolute Gasteiger partial charge is 0.349 e. The first-order valence-corrected chi connectivity index (χ1v) is 12.6. The van der Waals surface area contributed by atoms with E-state index in [-0.39, 0.29) is 26.9 Å². The van der Waals surface area contributed by atoms with Gasteiger partial charge in [0.05, 0.1) is 5.02 Å². The van der Waals surface area contributed by atoms with Gasteiger partial charge >= 0.3 is 0 Å². The number of halogens is 2. The predicted molar refractivity (Wildman–Crippen MR) is 126 cm³/mol. The maximum absolute atomic E-state index is 12.6. The SMILES string of the molecule is CCCCN1CCC(NC(=O)c2ccc(NS(=O)(=O)c3cc(Cl)ccc3Cl)cc2)CC1. The minimum atomic E-state index is -3.91. The van der Waals surface area contributed by atoms with E-state index in [1.54, 1.807) is 24.3 Å². The number of carbonyl (C=O) groups is 1. The van der Waals surface area contributed by atoms with Crippen LogP contribution in [0.1, 0.15) is 43.0 Å². The van der Waals surface area contributed by atoms with Crippen molar-refractivity contribution in [2.24, 2.45) is 0 Å². The van der Waals surface area contributed by atoms with Crippen LogP contribution in [0.5, 0.6) is 0 Å². The van der Waals surface area contributed by atoms with Gasteiger partial charge in [-0.2, -0.15) is 0 Å². The van der Waals surface area contributed by atoms with E-state index in [1.807, 2.05) is 0 Å². The van der Waals surface area contributed by atoms with E-state index in [0.29, 0.717) is 11.3 Å². The molecule has 0 saturated carbocycles. The standard InChI is InChI=1S/C22H27Cl2N3O3S/c1-2-3-12-27-13-10-18(11-14-27)25-22(28)16-4-7-19(8-5-16)26-31(29,30)21-15-17(23)6-9-20(21)24/h4-9,15,18,26H,2-3,10-14H2,1H3,(H,25,28). The first kappa shape index (κ1) is 23.9. The molecule has 1 aliphatic rings. The number of hydrogen-bond acceptors (Lipinski definition) is 4. The molecule has 1 fully saturated rings. The maximum Gasteiger partial charge on any atom is 0.263 e. The molecule has 2 N–H and O–H groups in total. The highest BCUT2D eigenvalue weighted by Crippen LogP contribution is 2.27. The Kier molecular flexibility index (Phi) is 8.22. The van der Waals surface area contributed by atoms with Crippen molar-refractivity contribution < 1.29 is 13.2 Å². The maximum atomic E-state index is 12.6. The molecule has 2 aromatic carbocycles. The molecule has 0 aromatic heterocycles. The van der Waals surface area contributed by atoms with Crippen LogP contribution in [-0.2, 0) is 10.0 Å². The first-order valence-electron chi connectivity index (χ1n) is 10.4. The fourth-order valence-corrected chi connectivity index (χ4v) is 5.36. The lowest BCUT2D eigenvalue weighted by molar-refractivity contribution is 0.0911. The molecule has 0 aliphatic carbocycles. The van der Waals surface area contributed by atoms with Crippen LogP contribution in [0.2, 0.25) is 10.0 Å². The van der Waals surface area contributed by atoms with Crippen LogP contribution in [0.15, 0.2) is 47.4 Å². The molecule has 1 saturated heterocycles. The second kappa shape index (κ2) is 10.7. The molecule has 6 nitrogen and oxygen atoms in total. The Morgan fingerprint density at radius 1 is 1.10 bits per heavy atom.